The van der Waals surface area contributed by atoms with Gasteiger partial charge in [-0.05, 0) is 20.8 Å². The lowest BCUT2D eigenvalue weighted by atomic mass is 10.1. The number of carbonyl (C=O) groups excluding carboxylic acids is 2. The topological polar surface area (TPSA) is 69.9 Å². The molecule has 1 aromatic heterocycles. The minimum absolute atomic E-state index is 0.0997. The molecular formula is C17H26N4O3. The summed E-state index contributed by atoms with van der Waals surface area (Å²) in [5.74, 6) is 0.911. The molecule has 0 bridgehead atoms. The van der Waals surface area contributed by atoms with Crippen LogP contribution < -0.4 is 0 Å². The van der Waals surface area contributed by atoms with E-state index in [1.807, 2.05) is 36.6 Å². The fraction of sp³-hybridized carbons (Fsp3) is 0.706. The zero-order chi connectivity index (χ0) is 17.3. The van der Waals surface area contributed by atoms with Crippen molar-refractivity contribution in [1.29, 1.82) is 0 Å². The Balaban J connectivity index is 1.49. The monoisotopic (exact) mass is 334 g/mol. The first-order valence-corrected chi connectivity index (χ1v) is 8.67. The molecule has 0 aromatic carbocycles. The quantitative estimate of drug-likeness (QED) is 0.818. The maximum absolute atomic E-state index is 12.7. The summed E-state index contributed by atoms with van der Waals surface area (Å²) in [7, 11) is 0. The Morgan fingerprint density at radius 2 is 2.04 bits per heavy atom. The van der Waals surface area contributed by atoms with Gasteiger partial charge in [0.2, 0.25) is 11.8 Å². The van der Waals surface area contributed by atoms with Gasteiger partial charge in [0.25, 0.3) is 0 Å². The molecule has 2 aliphatic heterocycles. The number of hydrogen-bond acceptors (Lipinski definition) is 5. The van der Waals surface area contributed by atoms with E-state index in [9.17, 15) is 9.59 Å². The number of amides is 2. The molecule has 3 rings (SSSR count). The average molecular weight is 334 g/mol. The number of aromatic nitrogens is 1. The van der Waals surface area contributed by atoms with Gasteiger partial charge < -0.3 is 14.3 Å². The highest BCUT2D eigenvalue weighted by Crippen LogP contribution is 2.23. The SMILES string of the molecule is Cc1cc(CN2CCN(C(=O)[C@H]3CC(=O)N(C(C)C)C3)CC2)on1. The van der Waals surface area contributed by atoms with Crippen LogP contribution in [0.15, 0.2) is 10.6 Å². The van der Waals surface area contributed by atoms with Crippen molar-refractivity contribution >= 4 is 11.8 Å². The highest BCUT2D eigenvalue weighted by atomic mass is 16.5. The molecule has 0 unspecified atom stereocenters. The molecule has 3 heterocycles. The molecule has 2 fully saturated rings. The van der Waals surface area contributed by atoms with Crippen LogP contribution in [0.25, 0.3) is 0 Å². The maximum atomic E-state index is 12.7. The summed E-state index contributed by atoms with van der Waals surface area (Å²) in [5.41, 5.74) is 0.888. The minimum atomic E-state index is -0.177. The van der Waals surface area contributed by atoms with E-state index in [-0.39, 0.29) is 23.8 Å². The summed E-state index contributed by atoms with van der Waals surface area (Å²) in [6.45, 7) is 10.2. The molecule has 132 valence electrons. The van der Waals surface area contributed by atoms with Gasteiger partial charge in [-0.2, -0.15) is 0 Å². The minimum Gasteiger partial charge on any atom is -0.360 e. The second-order valence-electron chi connectivity index (χ2n) is 7.08. The van der Waals surface area contributed by atoms with Crippen LogP contribution in [0.5, 0.6) is 0 Å². The maximum Gasteiger partial charge on any atom is 0.228 e. The Morgan fingerprint density at radius 1 is 1.33 bits per heavy atom. The van der Waals surface area contributed by atoms with Gasteiger partial charge >= 0.3 is 0 Å². The van der Waals surface area contributed by atoms with E-state index in [1.54, 1.807) is 0 Å². The molecule has 2 aliphatic rings. The predicted octanol–water partition coefficient (Wildman–Crippen LogP) is 0.884. The predicted molar refractivity (Wildman–Crippen MR) is 88.1 cm³/mol. The molecule has 0 spiro atoms. The van der Waals surface area contributed by atoms with Crippen molar-refractivity contribution in [3.8, 4) is 0 Å². The average Bonchev–Trinajstić information content (AvgIpc) is 3.13. The van der Waals surface area contributed by atoms with E-state index in [0.717, 1.165) is 31.1 Å². The molecule has 2 saturated heterocycles. The number of nitrogens with zero attached hydrogens (tertiary/aromatic N) is 4. The third-order valence-electron chi connectivity index (χ3n) is 4.87. The zero-order valence-corrected chi connectivity index (χ0v) is 14.7. The molecule has 7 nitrogen and oxygen atoms in total. The van der Waals surface area contributed by atoms with Crippen molar-refractivity contribution < 1.29 is 14.1 Å². The Bertz CT molecular complexity index is 605. The first-order chi connectivity index (χ1) is 11.4. The molecular weight excluding hydrogens is 308 g/mol. The standard InChI is InChI=1S/C17H26N4O3/c1-12(2)21-10-14(9-16(21)22)17(23)20-6-4-19(5-7-20)11-15-8-13(3)18-24-15/h8,12,14H,4-7,9-11H2,1-3H3/t14-/m0/s1. The van der Waals surface area contributed by atoms with E-state index in [1.165, 1.54) is 0 Å². The second-order valence-corrected chi connectivity index (χ2v) is 7.08. The van der Waals surface area contributed by atoms with Crippen LogP contribution in [0.4, 0.5) is 0 Å². The normalized spacial score (nSPS) is 22.7. The fourth-order valence-corrected chi connectivity index (χ4v) is 3.49. The largest absolute Gasteiger partial charge is 0.360 e. The first-order valence-electron chi connectivity index (χ1n) is 8.67. The number of rotatable bonds is 4. The lowest BCUT2D eigenvalue weighted by molar-refractivity contribution is -0.137. The van der Waals surface area contributed by atoms with Crippen LogP contribution in [0.3, 0.4) is 0 Å². The van der Waals surface area contributed by atoms with Crippen molar-refractivity contribution in [3.05, 3.63) is 17.5 Å². The lowest BCUT2D eigenvalue weighted by Crippen LogP contribution is -2.50. The molecule has 0 saturated carbocycles. The third-order valence-corrected chi connectivity index (χ3v) is 4.87. The van der Waals surface area contributed by atoms with E-state index in [0.29, 0.717) is 26.1 Å². The van der Waals surface area contributed by atoms with Crippen LogP contribution in [-0.4, -0.2) is 70.4 Å². The Hall–Kier alpha value is -1.89. The number of likely N-dealkylation sites (tertiary alicyclic amines) is 1. The molecule has 24 heavy (non-hydrogen) atoms. The highest BCUT2D eigenvalue weighted by Gasteiger charge is 2.38. The van der Waals surface area contributed by atoms with Crippen molar-refractivity contribution in [2.45, 2.75) is 39.8 Å². The summed E-state index contributed by atoms with van der Waals surface area (Å²) >= 11 is 0. The van der Waals surface area contributed by atoms with Gasteiger partial charge in [0, 0.05) is 51.3 Å². The first kappa shape index (κ1) is 17.0. The van der Waals surface area contributed by atoms with Gasteiger partial charge in [0.1, 0.15) is 0 Å². The molecule has 0 aliphatic carbocycles. The van der Waals surface area contributed by atoms with E-state index < -0.39 is 0 Å². The molecule has 7 heteroatoms. The summed E-state index contributed by atoms with van der Waals surface area (Å²) in [6, 6.07) is 2.11. The van der Waals surface area contributed by atoms with Gasteiger partial charge in [-0.1, -0.05) is 5.16 Å². The van der Waals surface area contributed by atoms with Gasteiger partial charge in [-0.25, -0.2) is 0 Å². The number of carbonyl (C=O) groups is 2. The van der Waals surface area contributed by atoms with Gasteiger partial charge in [0.05, 0.1) is 18.2 Å². The van der Waals surface area contributed by atoms with E-state index in [2.05, 4.69) is 10.1 Å². The Labute approximate surface area is 142 Å². The molecule has 1 atom stereocenters. The van der Waals surface area contributed by atoms with Crippen molar-refractivity contribution in [1.82, 2.24) is 19.9 Å². The van der Waals surface area contributed by atoms with Crippen molar-refractivity contribution in [2.24, 2.45) is 5.92 Å². The van der Waals surface area contributed by atoms with Crippen LogP contribution in [0.1, 0.15) is 31.7 Å². The second kappa shape index (κ2) is 6.93. The van der Waals surface area contributed by atoms with Gasteiger partial charge in [-0.3, -0.25) is 14.5 Å². The van der Waals surface area contributed by atoms with Gasteiger partial charge in [0.15, 0.2) is 5.76 Å². The van der Waals surface area contributed by atoms with E-state index in [4.69, 9.17) is 4.52 Å². The Morgan fingerprint density at radius 3 is 2.58 bits per heavy atom. The highest BCUT2D eigenvalue weighted by molar-refractivity contribution is 5.89. The molecule has 0 radical (unpaired) electrons. The number of piperazine rings is 1. The fourth-order valence-electron chi connectivity index (χ4n) is 3.49. The Kier molecular flexibility index (Phi) is 4.89. The summed E-state index contributed by atoms with van der Waals surface area (Å²) < 4.78 is 5.25. The molecule has 0 N–H and O–H groups in total. The summed E-state index contributed by atoms with van der Waals surface area (Å²) in [4.78, 5) is 30.7. The lowest BCUT2D eigenvalue weighted by Gasteiger charge is -2.35. The summed E-state index contributed by atoms with van der Waals surface area (Å²) in [6.07, 6.45) is 0.356. The number of aryl methyl sites for hydroxylation is 1. The van der Waals surface area contributed by atoms with E-state index >= 15 is 0 Å². The van der Waals surface area contributed by atoms with Crippen LogP contribution in [-0.2, 0) is 16.1 Å². The smallest absolute Gasteiger partial charge is 0.228 e. The van der Waals surface area contributed by atoms with Crippen molar-refractivity contribution in [2.75, 3.05) is 32.7 Å². The molecule has 2 amide bonds. The number of hydrogen-bond donors (Lipinski definition) is 0. The van der Waals surface area contributed by atoms with Crippen LogP contribution in [0.2, 0.25) is 0 Å². The van der Waals surface area contributed by atoms with Crippen LogP contribution in [0, 0.1) is 12.8 Å². The zero-order valence-electron chi connectivity index (χ0n) is 14.7. The van der Waals surface area contributed by atoms with Crippen LogP contribution >= 0.6 is 0 Å². The third kappa shape index (κ3) is 3.61. The molecule has 1 aromatic rings. The van der Waals surface area contributed by atoms with Crippen molar-refractivity contribution in [3.63, 3.8) is 0 Å². The summed E-state index contributed by atoms with van der Waals surface area (Å²) in [5, 5.41) is 3.90. The van der Waals surface area contributed by atoms with Gasteiger partial charge in [-0.15, -0.1) is 0 Å².